The minimum atomic E-state index is -1.24. The standard InChI is InChI=1S/C12H13ClN2O3/c1-16-10(14)12(11(15)17-2)9(18-12)7-3-5-8(13)6-4-7/h3-6,9,14-15H,1-2H3. The highest BCUT2D eigenvalue weighted by Crippen LogP contribution is 2.51. The molecule has 1 atom stereocenters. The van der Waals surface area contributed by atoms with Gasteiger partial charge in [-0.05, 0) is 17.7 Å². The third-order valence-electron chi connectivity index (χ3n) is 2.87. The molecule has 2 N–H and O–H groups in total. The van der Waals surface area contributed by atoms with Gasteiger partial charge in [0.2, 0.25) is 17.4 Å². The molecule has 1 unspecified atom stereocenters. The van der Waals surface area contributed by atoms with Gasteiger partial charge in [-0.15, -0.1) is 0 Å². The van der Waals surface area contributed by atoms with Gasteiger partial charge < -0.3 is 14.2 Å². The molecule has 1 fully saturated rings. The highest BCUT2D eigenvalue weighted by atomic mass is 35.5. The highest BCUT2D eigenvalue weighted by molar-refractivity contribution is 6.30. The van der Waals surface area contributed by atoms with E-state index >= 15 is 0 Å². The van der Waals surface area contributed by atoms with Crippen LogP contribution in [-0.2, 0) is 14.2 Å². The van der Waals surface area contributed by atoms with Crippen LogP contribution in [-0.4, -0.2) is 31.6 Å². The molecule has 0 aromatic heterocycles. The fourth-order valence-electron chi connectivity index (χ4n) is 1.84. The summed E-state index contributed by atoms with van der Waals surface area (Å²) in [5.74, 6) is -0.288. The SMILES string of the molecule is COC(=N)C1(C(=N)OC)OC1c1ccc(Cl)cc1. The second-order valence-electron chi connectivity index (χ2n) is 3.85. The molecule has 0 bridgehead atoms. The molecule has 5 nitrogen and oxygen atoms in total. The first-order valence-corrected chi connectivity index (χ1v) is 5.63. The Kier molecular flexibility index (Phi) is 3.28. The van der Waals surface area contributed by atoms with Gasteiger partial charge in [-0.1, -0.05) is 23.7 Å². The van der Waals surface area contributed by atoms with Gasteiger partial charge in [-0.25, -0.2) is 0 Å². The normalized spacial score (nSPS) is 25.4. The van der Waals surface area contributed by atoms with E-state index in [1.54, 1.807) is 24.3 Å². The number of hydrogen-bond acceptors (Lipinski definition) is 5. The van der Waals surface area contributed by atoms with Crippen molar-refractivity contribution in [2.75, 3.05) is 14.2 Å². The van der Waals surface area contributed by atoms with Crippen LogP contribution in [0, 0.1) is 10.8 Å². The Hall–Kier alpha value is -1.59. The van der Waals surface area contributed by atoms with Crippen LogP contribution in [0.4, 0.5) is 0 Å². The van der Waals surface area contributed by atoms with E-state index in [-0.39, 0.29) is 11.8 Å². The fourth-order valence-corrected chi connectivity index (χ4v) is 1.97. The average Bonchev–Trinajstić information content (AvgIpc) is 3.14. The number of benzene rings is 1. The molecule has 0 radical (unpaired) electrons. The van der Waals surface area contributed by atoms with E-state index in [2.05, 4.69) is 0 Å². The molecule has 1 saturated heterocycles. The Morgan fingerprint density at radius 2 is 1.67 bits per heavy atom. The Morgan fingerprint density at radius 3 is 2.11 bits per heavy atom. The van der Waals surface area contributed by atoms with Crippen LogP contribution < -0.4 is 0 Å². The second-order valence-corrected chi connectivity index (χ2v) is 4.29. The molecule has 18 heavy (non-hydrogen) atoms. The Bertz CT molecular complexity index is 471. The lowest BCUT2D eigenvalue weighted by atomic mass is 9.99. The van der Waals surface area contributed by atoms with Crippen LogP contribution in [0.1, 0.15) is 11.7 Å². The largest absolute Gasteiger partial charge is 0.482 e. The molecule has 0 saturated carbocycles. The van der Waals surface area contributed by atoms with Crippen molar-refractivity contribution >= 4 is 23.4 Å². The summed E-state index contributed by atoms with van der Waals surface area (Å²) in [6, 6.07) is 7.05. The maximum absolute atomic E-state index is 7.76. The molecular formula is C12H13ClN2O3. The summed E-state index contributed by atoms with van der Waals surface area (Å²) in [5, 5.41) is 16.1. The number of epoxide rings is 1. The predicted molar refractivity (Wildman–Crippen MR) is 67.5 cm³/mol. The van der Waals surface area contributed by atoms with Crippen LogP contribution in [0.5, 0.6) is 0 Å². The quantitative estimate of drug-likeness (QED) is 0.502. The van der Waals surface area contributed by atoms with E-state index < -0.39 is 11.7 Å². The summed E-state index contributed by atoms with van der Waals surface area (Å²) < 4.78 is 15.3. The lowest BCUT2D eigenvalue weighted by Crippen LogP contribution is -2.36. The van der Waals surface area contributed by atoms with Crippen LogP contribution in [0.15, 0.2) is 24.3 Å². The van der Waals surface area contributed by atoms with Gasteiger partial charge in [0.25, 0.3) is 0 Å². The van der Waals surface area contributed by atoms with Gasteiger partial charge in [-0.3, -0.25) is 10.8 Å². The minimum Gasteiger partial charge on any atom is -0.482 e. The van der Waals surface area contributed by atoms with E-state index in [1.165, 1.54) is 14.2 Å². The van der Waals surface area contributed by atoms with E-state index in [0.29, 0.717) is 5.02 Å². The molecule has 2 rings (SSSR count). The number of rotatable bonds is 3. The van der Waals surface area contributed by atoms with Gasteiger partial charge >= 0.3 is 0 Å². The van der Waals surface area contributed by atoms with Crippen LogP contribution >= 0.6 is 11.6 Å². The van der Waals surface area contributed by atoms with Crippen molar-refractivity contribution in [1.29, 1.82) is 10.8 Å². The van der Waals surface area contributed by atoms with E-state index in [1.807, 2.05) is 0 Å². The molecule has 0 amide bonds. The van der Waals surface area contributed by atoms with Gasteiger partial charge in [0.05, 0.1) is 14.2 Å². The molecule has 6 heteroatoms. The lowest BCUT2D eigenvalue weighted by Gasteiger charge is -2.13. The molecule has 1 aromatic carbocycles. The Morgan fingerprint density at radius 1 is 1.17 bits per heavy atom. The number of nitrogens with one attached hydrogen (secondary N) is 2. The summed E-state index contributed by atoms with van der Waals surface area (Å²) in [6.45, 7) is 0. The van der Waals surface area contributed by atoms with Crippen LogP contribution in [0.25, 0.3) is 0 Å². The zero-order chi connectivity index (χ0) is 13.3. The zero-order valence-electron chi connectivity index (χ0n) is 9.99. The third kappa shape index (κ3) is 1.85. The van der Waals surface area contributed by atoms with Crippen molar-refractivity contribution < 1.29 is 14.2 Å². The Balaban J connectivity index is 2.30. The van der Waals surface area contributed by atoms with Gasteiger partial charge in [0, 0.05) is 5.02 Å². The second kappa shape index (κ2) is 4.59. The van der Waals surface area contributed by atoms with Crippen molar-refractivity contribution in [2.45, 2.75) is 11.7 Å². The van der Waals surface area contributed by atoms with Gasteiger partial charge in [0.15, 0.2) is 0 Å². The molecule has 0 spiro atoms. The summed E-state index contributed by atoms with van der Waals surface area (Å²) in [5.41, 5.74) is -0.417. The predicted octanol–water partition coefficient (Wildman–Crippen LogP) is 2.40. The molecular weight excluding hydrogens is 256 g/mol. The lowest BCUT2D eigenvalue weighted by molar-refractivity contribution is 0.288. The highest BCUT2D eigenvalue weighted by Gasteiger charge is 2.67. The number of hydrogen-bond donors (Lipinski definition) is 2. The van der Waals surface area contributed by atoms with Crippen LogP contribution in [0.2, 0.25) is 5.02 Å². The van der Waals surface area contributed by atoms with E-state index in [9.17, 15) is 0 Å². The number of halogens is 1. The molecule has 1 heterocycles. The van der Waals surface area contributed by atoms with E-state index in [4.69, 9.17) is 36.6 Å². The zero-order valence-corrected chi connectivity index (χ0v) is 10.7. The summed E-state index contributed by atoms with van der Waals surface area (Å²) in [7, 11) is 2.74. The van der Waals surface area contributed by atoms with Crippen LogP contribution in [0.3, 0.4) is 0 Å². The fraction of sp³-hybridized carbons (Fsp3) is 0.333. The first-order valence-electron chi connectivity index (χ1n) is 5.25. The van der Waals surface area contributed by atoms with Gasteiger partial charge in [-0.2, -0.15) is 0 Å². The first-order chi connectivity index (χ1) is 8.56. The summed E-state index contributed by atoms with van der Waals surface area (Å²) in [4.78, 5) is 0. The monoisotopic (exact) mass is 268 g/mol. The summed E-state index contributed by atoms with van der Waals surface area (Å²) in [6.07, 6.45) is -0.449. The smallest absolute Gasteiger partial charge is 0.249 e. The molecule has 96 valence electrons. The van der Waals surface area contributed by atoms with Crippen molar-refractivity contribution in [3.63, 3.8) is 0 Å². The Labute approximate surface area is 110 Å². The van der Waals surface area contributed by atoms with Crippen molar-refractivity contribution in [2.24, 2.45) is 0 Å². The van der Waals surface area contributed by atoms with E-state index in [0.717, 1.165) is 5.56 Å². The topological polar surface area (TPSA) is 78.7 Å². The van der Waals surface area contributed by atoms with Crippen molar-refractivity contribution in [3.8, 4) is 0 Å². The molecule has 1 aromatic rings. The average molecular weight is 269 g/mol. The number of methoxy groups -OCH3 is 2. The van der Waals surface area contributed by atoms with Crippen molar-refractivity contribution in [1.82, 2.24) is 0 Å². The first kappa shape index (κ1) is 12.9. The molecule has 1 aliphatic rings. The minimum absolute atomic E-state index is 0.144. The van der Waals surface area contributed by atoms with Gasteiger partial charge in [0.1, 0.15) is 6.10 Å². The third-order valence-corrected chi connectivity index (χ3v) is 3.12. The van der Waals surface area contributed by atoms with Crippen molar-refractivity contribution in [3.05, 3.63) is 34.9 Å². The maximum Gasteiger partial charge on any atom is 0.249 e. The number of ether oxygens (including phenoxy) is 3. The summed E-state index contributed by atoms with van der Waals surface area (Å²) >= 11 is 5.81. The molecule has 0 aliphatic carbocycles. The maximum atomic E-state index is 7.76. The molecule has 1 aliphatic heterocycles.